The average molecular weight is 374 g/mol. The quantitative estimate of drug-likeness (QED) is 0.893. The summed E-state index contributed by atoms with van der Waals surface area (Å²) >= 11 is 1.44. The molecule has 1 aliphatic heterocycles. The third-order valence-corrected chi connectivity index (χ3v) is 5.18. The Labute approximate surface area is 156 Å². The molecule has 2 heterocycles. The van der Waals surface area contributed by atoms with E-state index >= 15 is 0 Å². The van der Waals surface area contributed by atoms with Gasteiger partial charge in [-0.05, 0) is 49.1 Å². The second-order valence-electron chi connectivity index (χ2n) is 6.20. The van der Waals surface area contributed by atoms with Gasteiger partial charge in [-0.25, -0.2) is 0 Å². The predicted octanol–water partition coefficient (Wildman–Crippen LogP) is 2.60. The first-order valence-corrected chi connectivity index (χ1v) is 9.50. The maximum absolute atomic E-state index is 12.7. The number of nitrogens with zero attached hydrogens (tertiary/aromatic N) is 2. The molecule has 1 aromatic heterocycles. The van der Waals surface area contributed by atoms with E-state index in [-0.39, 0.29) is 17.6 Å². The highest BCUT2D eigenvalue weighted by molar-refractivity contribution is 7.12. The van der Waals surface area contributed by atoms with Crippen molar-refractivity contribution in [1.82, 2.24) is 9.80 Å². The molecule has 0 spiro atoms. The fourth-order valence-electron chi connectivity index (χ4n) is 2.93. The second-order valence-corrected chi connectivity index (χ2v) is 7.15. The molecule has 0 saturated carbocycles. The Morgan fingerprint density at radius 1 is 1.08 bits per heavy atom. The van der Waals surface area contributed by atoms with Crippen LogP contribution in [0.25, 0.3) is 0 Å². The normalized spacial score (nSPS) is 16.0. The van der Waals surface area contributed by atoms with Crippen molar-refractivity contribution >= 4 is 23.2 Å². The number of phenolic OH excluding ortho intramolecular Hbond substituents is 1. The molecule has 0 radical (unpaired) electrons. The van der Waals surface area contributed by atoms with Gasteiger partial charge in [-0.1, -0.05) is 6.07 Å². The van der Waals surface area contributed by atoms with E-state index in [9.17, 15) is 14.7 Å². The second kappa shape index (κ2) is 8.23. The number of thiophene rings is 1. The van der Waals surface area contributed by atoms with Gasteiger partial charge in [0.1, 0.15) is 11.5 Å². The van der Waals surface area contributed by atoms with Gasteiger partial charge in [-0.15, -0.1) is 11.3 Å². The molecule has 0 bridgehead atoms. The zero-order valence-corrected chi connectivity index (χ0v) is 15.4. The van der Waals surface area contributed by atoms with Crippen LogP contribution in [0, 0.1) is 0 Å². The lowest BCUT2D eigenvalue weighted by Gasteiger charge is -2.25. The van der Waals surface area contributed by atoms with Crippen molar-refractivity contribution in [2.75, 3.05) is 26.2 Å². The van der Waals surface area contributed by atoms with Crippen LogP contribution in [0.3, 0.4) is 0 Å². The molecule has 2 aromatic rings. The monoisotopic (exact) mass is 374 g/mol. The van der Waals surface area contributed by atoms with Crippen molar-refractivity contribution in [3.8, 4) is 11.5 Å². The van der Waals surface area contributed by atoms with Crippen LogP contribution in [0.5, 0.6) is 11.5 Å². The SMILES string of the molecule is CC(Oc1ccc(O)cc1)C(=O)N1CCCN(C(=O)c2cccs2)CC1. The Hall–Kier alpha value is -2.54. The third-order valence-electron chi connectivity index (χ3n) is 4.32. The van der Waals surface area contributed by atoms with E-state index in [0.717, 1.165) is 11.3 Å². The highest BCUT2D eigenvalue weighted by Gasteiger charge is 2.26. The molecular weight excluding hydrogens is 352 g/mol. The Kier molecular flexibility index (Phi) is 5.78. The van der Waals surface area contributed by atoms with Crippen LogP contribution in [0.15, 0.2) is 41.8 Å². The highest BCUT2D eigenvalue weighted by Crippen LogP contribution is 2.19. The summed E-state index contributed by atoms with van der Waals surface area (Å²) in [5.41, 5.74) is 0. The van der Waals surface area contributed by atoms with Crippen LogP contribution in [0.1, 0.15) is 23.0 Å². The molecule has 1 saturated heterocycles. The van der Waals surface area contributed by atoms with Gasteiger partial charge in [0.25, 0.3) is 11.8 Å². The Morgan fingerprint density at radius 3 is 2.46 bits per heavy atom. The summed E-state index contributed by atoms with van der Waals surface area (Å²) in [4.78, 5) is 29.5. The number of aromatic hydroxyl groups is 1. The van der Waals surface area contributed by atoms with Crippen molar-refractivity contribution in [3.63, 3.8) is 0 Å². The number of carbonyl (C=O) groups excluding carboxylic acids is 2. The number of carbonyl (C=O) groups is 2. The first kappa shape index (κ1) is 18.3. The number of benzene rings is 1. The minimum Gasteiger partial charge on any atom is -0.508 e. The first-order chi connectivity index (χ1) is 12.5. The van der Waals surface area contributed by atoms with E-state index in [4.69, 9.17) is 4.74 Å². The van der Waals surface area contributed by atoms with Gasteiger partial charge < -0.3 is 19.6 Å². The summed E-state index contributed by atoms with van der Waals surface area (Å²) in [6.45, 7) is 3.99. The van der Waals surface area contributed by atoms with E-state index in [0.29, 0.717) is 31.9 Å². The van der Waals surface area contributed by atoms with Gasteiger partial charge in [0.05, 0.1) is 4.88 Å². The fraction of sp³-hybridized carbons (Fsp3) is 0.368. The van der Waals surface area contributed by atoms with Gasteiger partial charge in [-0.3, -0.25) is 9.59 Å². The molecule has 1 aliphatic rings. The number of amides is 2. The lowest BCUT2D eigenvalue weighted by atomic mass is 10.3. The number of phenols is 1. The molecular formula is C19H22N2O4S. The number of ether oxygens (including phenoxy) is 1. The zero-order valence-electron chi connectivity index (χ0n) is 14.6. The zero-order chi connectivity index (χ0) is 18.5. The van der Waals surface area contributed by atoms with E-state index in [2.05, 4.69) is 0 Å². The van der Waals surface area contributed by atoms with Crippen molar-refractivity contribution in [1.29, 1.82) is 0 Å². The summed E-state index contributed by atoms with van der Waals surface area (Å²) in [5.74, 6) is 0.624. The van der Waals surface area contributed by atoms with Crippen molar-refractivity contribution in [2.24, 2.45) is 0 Å². The van der Waals surface area contributed by atoms with Crippen LogP contribution in [-0.4, -0.2) is 59.0 Å². The largest absolute Gasteiger partial charge is 0.508 e. The fourth-order valence-corrected chi connectivity index (χ4v) is 3.62. The van der Waals surface area contributed by atoms with Crippen molar-refractivity contribution in [3.05, 3.63) is 46.7 Å². The van der Waals surface area contributed by atoms with Gasteiger partial charge in [-0.2, -0.15) is 0 Å². The van der Waals surface area contributed by atoms with Gasteiger partial charge in [0, 0.05) is 26.2 Å². The van der Waals surface area contributed by atoms with Crippen molar-refractivity contribution in [2.45, 2.75) is 19.4 Å². The molecule has 7 heteroatoms. The minimum atomic E-state index is -0.626. The molecule has 1 aromatic carbocycles. The number of rotatable bonds is 4. The minimum absolute atomic E-state index is 0.0303. The molecule has 1 N–H and O–H groups in total. The molecule has 2 amide bonds. The smallest absolute Gasteiger partial charge is 0.263 e. The Bertz CT molecular complexity index is 745. The van der Waals surface area contributed by atoms with Crippen LogP contribution in [0.4, 0.5) is 0 Å². The topological polar surface area (TPSA) is 70.1 Å². The van der Waals surface area contributed by atoms with Crippen LogP contribution >= 0.6 is 11.3 Å². The maximum atomic E-state index is 12.7. The molecule has 0 aliphatic carbocycles. The van der Waals surface area contributed by atoms with E-state index in [1.54, 1.807) is 24.0 Å². The molecule has 1 unspecified atom stereocenters. The van der Waals surface area contributed by atoms with Crippen LogP contribution < -0.4 is 4.74 Å². The molecule has 3 rings (SSSR count). The lowest BCUT2D eigenvalue weighted by molar-refractivity contribution is -0.137. The molecule has 26 heavy (non-hydrogen) atoms. The first-order valence-electron chi connectivity index (χ1n) is 8.62. The molecule has 6 nitrogen and oxygen atoms in total. The molecule has 1 atom stereocenters. The summed E-state index contributed by atoms with van der Waals surface area (Å²) in [7, 11) is 0. The van der Waals surface area contributed by atoms with E-state index in [1.165, 1.54) is 23.5 Å². The van der Waals surface area contributed by atoms with Crippen molar-refractivity contribution < 1.29 is 19.4 Å². The van der Waals surface area contributed by atoms with Gasteiger partial charge in [0.2, 0.25) is 0 Å². The van der Waals surface area contributed by atoms with Gasteiger partial charge in [0.15, 0.2) is 6.10 Å². The van der Waals surface area contributed by atoms with Crippen LogP contribution in [0.2, 0.25) is 0 Å². The van der Waals surface area contributed by atoms with E-state index < -0.39 is 6.10 Å². The van der Waals surface area contributed by atoms with Crippen LogP contribution in [-0.2, 0) is 4.79 Å². The summed E-state index contributed by atoms with van der Waals surface area (Å²) < 4.78 is 5.68. The van der Waals surface area contributed by atoms with Gasteiger partial charge >= 0.3 is 0 Å². The number of hydrogen-bond donors (Lipinski definition) is 1. The van der Waals surface area contributed by atoms with E-state index in [1.807, 2.05) is 22.4 Å². The predicted molar refractivity (Wildman–Crippen MR) is 99.6 cm³/mol. The summed E-state index contributed by atoms with van der Waals surface area (Å²) in [6.07, 6.45) is 0.119. The number of hydrogen-bond acceptors (Lipinski definition) is 5. The maximum Gasteiger partial charge on any atom is 0.263 e. The summed E-state index contributed by atoms with van der Waals surface area (Å²) in [5, 5.41) is 11.2. The Balaban J connectivity index is 1.56. The third kappa shape index (κ3) is 4.35. The highest BCUT2D eigenvalue weighted by atomic mass is 32.1. The lowest BCUT2D eigenvalue weighted by Crippen LogP contribution is -2.43. The molecule has 1 fully saturated rings. The Morgan fingerprint density at radius 2 is 1.77 bits per heavy atom. The summed E-state index contributed by atoms with van der Waals surface area (Å²) in [6, 6.07) is 9.99. The standard InChI is InChI=1S/C19H22N2O4S/c1-14(25-16-7-5-15(22)6-8-16)18(23)20-9-3-10-21(12-11-20)19(24)17-4-2-13-26-17/h2,4-8,13-14,22H,3,9-12H2,1H3. The molecule has 138 valence electrons. The average Bonchev–Trinajstić information content (AvgIpc) is 3.07.